The molecule has 0 bridgehead atoms. The lowest BCUT2D eigenvalue weighted by Crippen LogP contribution is -2.17. The average Bonchev–Trinajstić information content (AvgIpc) is 2.30. The molecular formula is C12H28IN3. The van der Waals surface area contributed by atoms with E-state index in [4.69, 9.17) is 11.5 Å². The van der Waals surface area contributed by atoms with Crippen molar-refractivity contribution >= 4 is 22.9 Å². The van der Waals surface area contributed by atoms with Gasteiger partial charge in [0.25, 0.3) is 0 Å². The van der Waals surface area contributed by atoms with E-state index in [9.17, 15) is 0 Å². The van der Waals surface area contributed by atoms with Crippen LogP contribution in [0.1, 0.15) is 51.4 Å². The van der Waals surface area contributed by atoms with E-state index in [-0.39, 0.29) is 0 Å². The van der Waals surface area contributed by atoms with Crippen LogP contribution < -0.4 is 11.5 Å². The van der Waals surface area contributed by atoms with Gasteiger partial charge in [-0.15, -0.1) is 0 Å². The van der Waals surface area contributed by atoms with Crippen LogP contribution in [0.15, 0.2) is 0 Å². The molecule has 3 nitrogen and oxygen atoms in total. The number of unbranched alkanes of at least 4 members (excludes halogenated alkanes) is 6. The van der Waals surface area contributed by atoms with Crippen LogP contribution in [-0.2, 0) is 0 Å². The Morgan fingerprint density at radius 1 is 0.625 bits per heavy atom. The zero-order valence-electron chi connectivity index (χ0n) is 10.5. The van der Waals surface area contributed by atoms with E-state index in [1.807, 2.05) is 0 Å². The second-order valence-electron chi connectivity index (χ2n) is 4.32. The van der Waals surface area contributed by atoms with Gasteiger partial charge in [-0.2, -0.15) is 0 Å². The van der Waals surface area contributed by atoms with Gasteiger partial charge in [0, 0.05) is 36.0 Å². The number of rotatable bonds is 12. The molecule has 0 atom stereocenters. The Hall–Kier alpha value is 0.610. The first kappa shape index (κ1) is 16.6. The highest BCUT2D eigenvalue weighted by atomic mass is 127. The van der Waals surface area contributed by atoms with Gasteiger partial charge in [-0.3, -0.25) is 0 Å². The van der Waals surface area contributed by atoms with Crippen molar-refractivity contribution in [2.24, 2.45) is 11.5 Å². The molecule has 0 unspecified atom stereocenters. The largest absolute Gasteiger partial charge is 0.330 e. The molecular weight excluding hydrogens is 313 g/mol. The number of hydrogen-bond acceptors (Lipinski definition) is 3. The molecule has 0 amide bonds. The first-order chi connectivity index (χ1) is 7.81. The maximum Gasteiger partial charge on any atom is 0.0201 e. The van der Waals surface area contributed by atoms with E-state index in [0.29, 0.717) is 0 Å². The maximum absolute atomic E-state index is 5.47. The summed E-state index contributed by atoms with van der Waals surface area (Å²) in [5.41, 5.74) is 10.9. The van der Waals surface area contributed by atoms with Crippen molar-refractivity contribution in [2.75, 3.05) is 26.2 Å². The van der Waals surface area contributed by atoms with Gasteiger partial charge in [0.2, 0.25) is 0 Å². The summed E-state index contributed by atoms with van der Waals surface area (Å²) in [5.74, 6) is 0. The molecule has 0 aliphatic carbocycles. The van der Waals surface area contributed by atoms with Crippen LogP contribution in [0.2, 0.25) is 0 Å². The summed E-state index contributed by atoms with van der Waals surface area (Å²) >= 11 is 2.41. The minimum absolute atomic E-state index is 0.806. The van der Waals surface area contributed by atoms with Gasteiger partial charge >= 0.3 is 0 Å². The van der Waals surface area contributed by atoms with Gasteiger partial charge in [-0.25, -0.2) is 3.11 Å². The van der Waals surface area contributed by atoms with Gasteiger partial charge in [0.15, 0.2) is 0 Å². The third-order valence-electron chi connectivity index (χ3n) is 2.71. The standard InChI is InChI=1S/C12H28IN3/c13-16(12-8-10-15)11-7-5-3-1-2-4-6-9-14/h1-12,14-15H2. The molecule has 4 N–H and O–H groups in total. The Morgan fingerprint density at radius 3 is 1.62 bits per heavy atom. The third kappa shape index (κ3) is 12.7. The van der Waals surface area contributed by atoms with Crippen molar-refractivity contribution in [3.05, 3.63) is 0 Å². The van der Waals surface area contributed by atoms with Gasteiger partial charge in [-0.05, 0) is 32.4 Å². The lowest BCUT2D eigenvalue weighted by atomic mass is 10.1. The summed E-state index contributed by atoms with van der Waals surface area (Å²) in [6.07, 6.45) is 10.4. The first-order valence-corrected chi connectivity index (χ1v) is 7.58. The summed E-state index contributed by atoms with van der Waals surface area (Å²) < 4.78 is 2.36. The smallest absolute Gasteiger partial charge is 0.0201 e. The van der Waals surface area contributed by atoms with Crippen LogP contribution in [0.5, 0.6) is 0 Å². The predicted octanol–water partition coefficient (Wildman–Crippen LogP) is 2.68. The fraction of sp³-hybridized carbons (Fsp3) is 1.00. The molecule has 0 aliphatic rings. The quantitative estimate of drug-likeness (QED) is 0.326. The normalized spacial score (nSPS) is 11.2. The summed E-state index contributed by atoms with van der Waals surface area (Å²) in [6, 6.07) is 0. The highest BCUT2D eigenvalue weighted by Gasteiger charge is 1.98. The molecule has 0 aromatic heterocycles. The van der Waals surface area contributed by atoms with E-state index >= 15 is 0 Å². The molecule has 0 saturated carbocycles. The molecule has 0 spiro atoms. The highest BCUT2D eigenvalue weighted by molar-refractivity contribution is 14.1. The van der Waals surface area contributed by atoms with Crippen molar-refractivity contribution in [3.63, 3.8) is 0 Å². The Morgan fingerprint density at radius 2 is 1.06 bits per heavy atom. The molecule has 0 fully saturated rings. The summed E-state index contributed by atoms with van der Waals surface area (Å²) in [4.78, 5) is 0. The third-order valence-corrected chi connectivity index (χ3v) is 3.67. The Bertz CT molecular complexity index is 133. The topological polar surface area (TPSA) is 55.3 Å². The van der Waals surface area contributed by atoms with E-state index in [1.54, 1.807) is 0 Å². The molecule has 0 heterocycles. The predicted molar refractivity (Wildman–Crippen MR) is 80.6 cm³/mol. The van der Waals surface area contributed by atoms with E-state index in [2.05, 4.69) is 26.0 Å². The van der Waals surface area contributed by atoms with Crippen molar-refractivity contribution < 1.29 is 0 Å². The van der Waals surface area contributed by atoms with E-state index in [1.165, 1.54) is 51.5 Å². The first-order valence-electron chi connectivity index (χ1n) is 6.62. The Kier molecular flexibility index (Phi) is 14.2. The Balaban J connectivity index is 3.02. The fourth-order valence-electron chi connectivity index (χ4n) is 1.69. The second kappa shape index (κ2) is 13.7. The van der Waals surface area contributed by atoms with Crippen LogP contribution in [0, 0.1) is 0 Å². The molecule has 4 heteroatoms. The number of halogens is 1. The lowest BCUT2D eigenvalue weighted by molar-refractivity contribution is 0.465. The minimum atomic E-state index is 0.806. The van der Waals surface area contributed by atoms with Crippen LogP contribution in [0.3, 0.4) is 0 Å². The van der Waals surface area contributed by atoms with Crippen LogP contribution >= 0.6 is 22.9 Å². The number of nitrogens with two attached hydrogens (primary N) is 2. The zero-order valence-corrected chi connectivity index (χ0v) is 12.6. The maximum atomic E-state index is 5.47. The van der Waals surface area contributed by atoms with Crippen LogP contribution in [-0.4, -0.2) is 29.3 Å². The minimum Gasteiger partial charge on any atom is -0.330 e. The zero-order chi connectivity index (χ0) is 12.1. The molecule has 0 rings (SSSR count). The van der Waals surface area contributed by atoms with E-state index in [0.717, 1.165) is 26.1 Å². The fourth-order valence-corrected chi connectivity index (χ4v) is 2.37. The van der Waals surface area contributed by atoms with Gasteiger partial charge in [0.1, 0.15) is 0 Å². The highest BCUT2D eigenvalue weighted by Crippen LogP contribution is 2.09. The average molecular weight is 341 g/mol. The Labute approximate surface area is 115 Å². The summed E-state index contributed by atoms with van der Waals surface area (Å²) in [7, 11) is 0. The number of hydrogen-bond donors (Lipinski definition) is 2. The summed E-state index contributed by atoms with van der Waals surface area (Å²) in [6.45, 7) is 4.00. The van der Waals surface area contributed by atoms with Gasteiger partial charge in [0.05, 0.1) is 0 Å². The SMILES string of the molecule is NCCCCCCCCCN(I)CCCN. The van der Waals surface area contributed by atoms with Crippen LogP contribution in [0.4, 0.5) is 0 Å². The van der Waals surface area contributed by atoms with Crippen molar-refractivity contribution in [1.29, 1.82) is 0 Å². The molecule has 0 aliphatic heterocycles. The molecule has 98 valence electrons. The second-order valence-corrected chi connectivity index (χ2v) is 5.68. The molecule has 0 radical (unpaired) electrons. The van der Waals surface area contributed by atoms with Crippen molar-refractivity contribution in [1.82, 2.24) is 3.11 Å². The van der Waals surface area contributed by atoms with Crippen LogP contribution in [0.25, 0.3) is 0 Å². The van der Waals surface area contributed by atoms with Gasteiger partial charge < -0.3 is 11.5 Å². The molecule has 0 aromatic carbocycles. The van der Waals surface area contributed by atoms with Crippen molar-refractivity contribution in [2.45, 2.75) is 51.4 Å². The monoisotopic (exact) mass is 341 g/mol. The van der Waals surface area contributed by atoms with E-state index < -0.39 is 0 Å². The number of nitrogens with zero attached hydrogens (tertiary/aromatic N) is 1. The van der Waals surface area contributed by atoms with Gasteiger partial charge in [-0.1, -0.05) is 32.1 Å². The lowest BCUT2D eigenvalue weighted by Gasteiger charge is -2.13. The summed E-state index contributed by atoms with van der Waals surface area (Å²) in [5, 5.41) is 0. The molecule has 0 saturated heterocycles. The van der Waals surface area contributed by atoms with Crippen molar-refractivity contribution in [3.8, 4) is 0 Å². The molecule has 0 aromatic rings. The molecule has 16 heavy (non-hydrogen) atoms.